The standard InChI is InChI=1S/C15H14F2N2O/c16-11-1-4-15(14(17)6-11)20-13-5-10(7-18-9-13)8-19-12-2-3-12/h1,4-7,9,12,19H,2-3,8H2. The summed E-state index contributed by atoms with van der Waals surface area (Å²) in [5, 5.41) is 3.36. The molecule has 1 aromatic heterocycles. The van der Waals surface area contributed by atoms with Crippen molar-refractivity contribution in [1.29, 1.82) is 0 Å². The van der Waals surface area contributed by atoms with Gasteiger partial charge in [-0.2, -0.15) is 0 Å². The molecule has 1 fully saturated rings. The molecule has 0 bridgehead atoms. The monoisotopic (exact) mass is 276 g/mol. The Morgan fingerprint density at radius 3 is 2.80 bits per heavy atom. The Kier molecular flexibility index (Phi) is 3.60. The van der Waals surface area contributed by atoms with E-state index in [2.05, 4.69) is 10.3 Å². The molecule has 0 aliphatic heterocycles. The van der Waals surface area contributed by atoms with E-state index in [0.717, 1.165) is 17.7 Å². The maximum Gasteiger partial charge on any atom is 0.168 e. The quantitative estimate of drug-likeness (QED) is 0.908. The maximum atomic E-state index is 13.5. The minimum Gasteiger partial charge on any atom is -0.453 e. The van der Waals surface area contributed by atoms with Gasteiger partial charge in [0.2, 0.25) is 0 Å². The summed E-state index contributed by atoms with van der Waals surface area (Å²) < 4.78 is 31.7. The van der Waals surface area contributed by atoms with E-state index in [9.17, 15) is 8.78 Å². The van der Waals surface area contributed by atoms with E-state index in [1.807, 2.05) is 0 Å². The predicted octanol–water partition coefficient (Wildman–Crippen LogP) is 3.40. The summed E-state index contributed by atoms with van der Waals surface area (Å²) in [7, 11) is 0. The number of nitrogens with one attached hydrogen (secondary N) is 1. The van der Waals surface area contributed by atoms with Crippen LogP contribution in [0.4, 0.5) is 8.78 Å². The number of ether oxygens (including phenoxy) is 1. The number of aromatic nitrogens is 1. The van der Waals surface area contributed by atoms with Crippen LogP contribution in [0, 0.1) is 11.6 Å². The van der Waals surface area contributed by atoms with Gasteiger partial charge >= 0.3 is 0 Å². The summed E-state index contributed by atoms with van der Waals surface area (Å²) in [4.78, 5) is 4.06. The lowest BCUT2D eigenvalue weighted by molar-refractivity contribution is 0.435. The summed E-state index contributed by atoms with van der Waals surface area (Å²) in [5.74, 6) is -0.937. The molecule has 2 aromatic rings. The van der Waals surface area contributed by atoms with Crippen LogP contribution >= 0.6 is 0 Å². The molecule has 0 amide bonds. The van der Waals surface area contributed by atoms with Gasteiger partial charge in [0.25, 0.3) is 0 Å². The fourth-order valence-corrected chi connectivity index (χ4v) is 1.85. The molecule has 0 atom stereocenters. The van der Waals surface area contributed by atoms with Crippen LogP contribution in [0.15, 0.2) is 36.7 Å². The molecule has 1 aromatic carbocycles. The molecule has 0 unspecified atom stereocenters. The third kappa shape index (κ3) is 3.30. The van der Waals surface area contributed by atoms with Gasteiger partial charge < -0.3 is 10.1 Å². The van der Waals surface area contributed by atoms with Crippen molar-refractivity contribution in [3.63, 3.8) is 0 Å². The second-order valence-corrected chi connectivity index (χ2v) is 4.86. The minimum absolute atomic E-state index is 0.0134. The Labute approximate surface area is 115 Å². The number of hydrogen-bond donors (Lipinski definition) is 1. The molecule has 0 radical (unpaired) electrons. The normalized spacial score (nSPS) is 14.3. The molecule has 3 nitrogen and oxygen atoms in total. The van der Waals surface area contributed by atoms with Gasteiger partial charge in [-0.15, -0.1) is 0 Å². The first-order chi connectivity index (χ1) is 9.70. The van der Waals surface area contributed by atoms with Gasteiger partial charge in [0.15, 0.2) is 11.6 Å². The Bertz CT molecular complexity index is 615. The lowest BCUT2D eigenvalue weighted by Crippen LogP contribution is -2.15. The fourth-order valence-electron chi connectivity index (χ4n) is 1.85. The Morgan fingerprint density at radius 2 is 2.05 bits per heavy atom. The number of rotatable bonds is 5. The summed E-state index contributed by atoms with van der Waals surface area (Å²) in [6.07, 6.45) is 5.67. The number of halogens is 2. The van der Waals surface area contributed by atoms with Gasteiger partial charge in [-0.1, -0.05) is 0 Å². The molecule has 104 valence electrons. The topological polar surface area (TPSA) is 34.1 Å². The molecular weight excluding hydrogens is 262 g/mol. The Balaban J connectivity index is 1.70. The predicted molar refractivity (Wildman–Crippen MR) is 70.5 cm³/mol. The number of hydrogen-bond acceptors (Lipinski definition) is 3. The average molecular weight is 276 g/mol. The first-order valence-corrected chi connectivity index (χ1v) is 6.51. The smallest absolute Gasteiger partial charge is 0.168 e. The van der Waals surface area contributed by atoms with Crippen molar-refractivity contribution in [3.8, 4) is 11.5 Å². The third-order valence-corrected chi connectivity index (χ3v) is 3.06. The zero-order valence-electron chi connectivity index (χ0n) is 10.8. The Morgan fingerprint density at radius 1 is 1.20 bits per heavy atom. The molecular formula is C15H14F2N2O. The second kappa shape index (κ2) is 5.54. The van der Waals surface area contributed by atoms with Crippen molar-refractivity contribution < 1.29 is 13.5 Å². The molecule has 20 heavy (non-hydrogen) atoms. The maximum absolute atomic E-state index is 13.5. The highest BCUT2D eigenvalue weighted by atomic mass is 19.1. The zero-order chi connectivity index (χ0) is 13.9. The molecule has 5 heteroatoms. The second-order valence-electron chi connectivity index (χ2n) is 4.86. The van der Waals surface area contributed by atoms with Crippen LogP contribution in [0.5, 0.6) is 11.5 Å². The van der Waals surface area contributed by atoms with E-state index >= 15 is 0 Å². The van der Waals surface area contributed by atoms with Crippen LogP contribution in [-0.2, 0) is 6.54 Å². The van der Waals surface area contributed by atoms with E-state index < -0.39 is 11.6 Å². The van der Waals surface area contributed by atoms with E-state index in [0.29, 0.717) is 18.3 Å². The van der Waals surface area contributed by atoms with E-state index in [1.54, 1.807) is 12.3 Å². The fraction of sp³-hybridized carbons (Fsp3) is 0.267. The first kappa shape index (κ1) is 13.0. The molecule has 1 heterocycles. The molecule has 0 spiro atoms. The highest BCUT2D eigenvalue weighted by molar-refractivity contribution is 5.32. The first-order valence-electron chi connectivity index (χ1n) is 6.51. The van der Waals surface area contributed by atoms with Crippen molar-refractivity contribution in [2.75, 3.05) is 0 Å². The van der Waals surface area contributed by atoms with Crippen LogP contribution in [0.3, 0.4) is 0 Å². The Hall–Kier alpha value is -2.01. The zero-order valence-corrected chi connectivity index (χ0v) is 10.8. The van der Waals surface area contributed by atoms with Crippen LogP contribution in [0.25, 0.3) is 0 Å². The van der Waals surface area contributed by atoms with Crippen molar-refractivity contribution in [3.05, 3.63) is 53.9 Å². The molecule has 3 rings (SSSR count). The van der Waals surface area contributed by atoms with Gasteiger partial charge in [-0.25, -0.2) is 8.78 Å². The lowest BCUT2D eigenvalue weighted by Gasteiger charge is -2.08. The SMILES string of the molecule is Fc1ccc(Oc2cncc(CNC3CC3)c2)c(F)c1. The summed E-state index contributed by atoms with van der Waals surface area (Å²) in [6.45, 7) is 0.709. The minimum atomic E-state index is -0.730. The van der Waals surface area contributed by atoms with Crippen LogP contribution in [0.1, 0.15) is 18.4 Å². The number of nitrogens with zero attached hydrogens (tertiary/aromatic N) is 1. The van der Waals surface area contributed by atoms with Crippen molar-refractivity contribution in [2.45, 2.75) is 25.4 Å². The van der Waals surface area contributed by atoms with Crippen LogP contribution < -0.4 is 10.1 Å². The van der Waals surface area contributed by atoms with E-state index in [4.69, 9.17) is 4.74 Å². The van der Waals surface area contributed by atoms with Gasteiger partial charge in [0, 0.05) is 24.8 Å². The van der Waals surface area contributed by atoms with Crippen LogP contribution in [0.2, 0.25) is 0 Å². The molecule has 1 aliphatic carbocycles. The average Bonchev–Trinajstić information content (AvgIpc) is 3.24. The van der Waals surface area contributed by atoms with Crippen molar-refractivity contribution in [2.24, 2.45) is 0 Å². The molecule has 1 saturated carbocycles. The highest BCUT2D eigenvalue weighted by Gasteiger charge is 2.20. The lowest BCUT2D eigenvalue weighted by atomic mass is 10.2. The van der Waals surface area contributed by atoms with Gasteiger partial charge in [0.05, 0.1) is 6.20 Å². The molecule has 0 saturated heterocycles. The summed E-state index contributed by atoms with van der Waals surface area (Å²) in [6, 6.07) is 5.62. The number of benzene rings is 1. The van der Waals surface area contributed by atoms with Crippen molar-refractivity contribution >= 4 is 0 Å². The third-order valence-electron chi connectivity index (χ3n) is 3.06. The van der Waals surface area contributed by atoms with Crippen LogP contribution in [-0.4, -0.2) is 11.0 Å². The molecule has 1 N–H and O–H groups in total. The van der Waals surface area contributed by atoms with Gasteiger partial charge in [-0.05, 0) is 36.6 Å². The van der Waals surface area contributed by atoms with Crippen molar-refractivity contribution in [1.82, 2.24) is 10.3 Å². The van der Waals surface area contributed by atoms with Gasteiger partial charge in [-0.3, -0.25) is 4.98 Å². The highest BCUT2D eigenvalue weighted by Crippen LogP contribution is 2.25. The summed E-state index contributed by atoms with van der Waals surface area (Å²) >= 11 is 0. The number of pyridine rings is 1. The largest absolute Gasteiger partial charge is 0.453 e. The summed E-state index contributed by atoms with van der Waals surface area (Å²) in [5.41, 5.74) is 0.969. The van der Waals surface area contributed by atoms with E-state index in [-0.39, 0.29) is 5.75 Å². The van der Waals surface area contributed by atoms with E-state index in [1.165, 1.54) is 25.1 Å². The molecule has 1 aliphatic rings. The van der Waals surface area contributed by atoms with Gasteiger partial charge in [0.1, 0.15) is 11.6 Å².